The lowest BCUT2D eigenvalue weighted by molar-refractivity contribution is -0.149. The van der Waals surface area contributed by atoms with Crippen LogP contribution in [0.1, 0.15) is 54.4 Å². The van der Waals surface area contributed by atoms with Crippen molar-refractivity contribution in [3.05, 3.63) is 12.3 Å². The molecule has 0 saturated carbocycles. The molecular formula is C26H37N2O11P. The minimum absolute atomic E-state index is 0.234. The molecule has 3 rings (SSSR count). The van der Waals surface area contributed by atoms with Gasteiger partial charge in [0.15, 0.2) is 12.0 Å². The molecule has 0 aromatic rings. The Morgan fingerprint density at radius 2 is 2.00 bits per heavy atom. The standard InChI is InChI=1S/C26H37N2O11P/c1-9-26(7)22-19(37-23(26)28-11-10-18(29)13-20(28)30)15-35-40(33,39-22)34-14-17(12-21(31)36-16(2)3)27(8)24(32)38-25(4,5)6/h1,10-11,16-17,19,22-23H,12-15H2,2-8H3/t17?,19-,22-,23-,26-,40-/m1/s1. The Morgan fingerprint density at radius 1 is 1.32 bits per heavy atom. The summed E-state index contributed by atoms with van der Waals surface area (Å²) in [6.45, 7) is 9.40. The van der Waals surface area contributed by atoms with Gasteiger partial charge in [0.25, 0.3) is 0 Å². The second-order valence-corrected chi connectivity index (χ2v) is 12.9. The van der Waals surface area contributed by atoms with E-state index in [2.05, 4.69) is 5.92 Å². The van der Waals surface area contributed by atoms with E-state index in [1.807, 2.05) is 0 Å². The first-order chi connectivity index (χ1) is 18.5. The predicted octanol–water partition coefficient (Wildman–Crippen LogP) is 2.78. The summed E-state index contributed by atoms with van der Waals surface area (Å²) in [4.78, 5) is 51.7. The average molecular weight is 585 g/mol. The molecule has 1 unspecified atom stereocenters. The van der Waals surface area contributed by atoms with Crippen LogP contribution in [0.25, 0.3) is 0 Å². The lowest BCUT2D eigenvalue weighted by Gasteiger charge is -2.38. The summed E-state index contributed by atoms with van der Waals surface area (Å²) >= 11 is 0. The summed E-state index contributed by atoms with van der Waals surface area (Å²) in [6.07, 6.45) is 3.85. The lowest BCUT2D eigenvalue weighted by atomic mass is 9.82. The maximum Gasteiger partial charge on any atom is 0.475 e. The molecule has 0 N–H and O–H groups in total. The summed E-state index contributed by atoms with van der Waals surface area (Å²) in [6, 6.07) is -0.947. The second kappa shape index (κ2) is 12.0. The molecule has 0 aromatic carbocycles. The summed E-state index contributed by atoms with van der Waals surface area (Å²) in [5.74, 6) is 1.14. The smallest absolute Gasteiger partial charge is 0.463 e. The van der Waals surface area contributed by atoms with Crippen LogP contribution in [0.15, 0.2) is 12.3 Å². The number of ketones is 1. The predicted molar refractivity (Wildman–Crippen MR) is 139 cm³/mol. The number of hydrogen-bond donors (Lipinski definition) is 0. The van der Waals surface area contributed by atoms with Crippen molar-refractivity contribution in [1.29, 1.82) is 0 Å². The number of carbonyl (C=O) groups is 4. The monoisotopic (exact) mass is 584 g/mol. The number of likely N-dealkylation sites (N-methyl/N-ethyl adjacent to an activating group) is 1. The van der Waals surface area contributed by atoms with Crippen LogP contribution >= 0.6 is 7.82 Å². The summed E-state index contributed by atoms with van der Waals surface area (Å²) in [5.41, 5.74) is -2.09. The van der Waals surface area contributed by atoms with Crippen LogP contribution in [0.3, 0.4) is 0 Å². The molecule has 3 aliphatic heterocycles. The van der Waals surface area contributed by atoms with Crippen LogP contribution in [-0.4, -0.2) is 90.0 Å². The first kappa shape index (κ1) is 31.8. The van der Waals surface area contributed by atoms with Crippen LogP contribution in [-0.2, 0) is 46.7 Å². The van der Waals surface area contributed by atoms with Gasteiger partial charge in [0.2, 0.25) is 5.91 Å². The molecular weight excluding hydrogens is 547 g/mol. The molecule has 0 radical (unpaired) electrons. The third-order valence-corrected chi connectivity index (χ3v) is 7.82. The Balaban J connectivity index is 1.76. The van der Waals surface area contributed by atoms with Crippen LogP contribution in [0.2, 0.25) is 0 Å². The number of ether oxygens (including phenoxy) is 3. The van der Waals surface area contributed by atoms with Crippen molar-refractivity contribution in [3.63, 3.8) is 0 Å². The minimum atomic E-state index is -4.29. The Kier molecular flexibility index (Phi) is 9.54. The highest BCUT2D eigenvalue weighted by Gasteiger charge is 2.61. The number of phosphoric ester groups is 1. The van der Waals surface area contributed by atoms with Gasteiger partial charge in [0.1, 0.15) is 23.2 Å². The van der Waals surface area contributed by atoms with E-state index in [9.17, 15) is 23.7 Å². The van der Waals surface area contributed by atoms with Crippen molar-refractivity contribution >= 4 is 31.6 Å². The Bertz CT molecular complexity index is 1140. The maximum atomic E-state index is 13.6. The molecule has 0 spiro atoms. The molecule has 14 heteroatoms. The van der Waals surface area contributed by atoms with E-state index in [0.29, 0.717) is 0 Å². The molecule has 2 saturated heterocycles. The quantitative estimate of drug-likeness (QED) is 0.180. The normalized spacial score (nSPS) is 31.0. The van der Waals surface area contributed by atoms with Crippen LogP contribution in [0, 0.1) is 17.8 Å². The molecule has 222 valence electrons. The van der Waals surface area contributed by atoms with Crippen LogP contribution in [0.4, 0.5) is 4.79 Å². The van der Waals surface area contributed by atoms with Gasteiger partial charge < -0.3 is 19.1 Å². The zero-order chi connectivity index (χ0) is 30.0. The zero-order valence-corrected chi connectivity index (χ0v) is 24.7. The van der Waals surface area contributed by atoms with E-state index in [0.717, 1.165) is 4.90 Å². The molecule has 2 amide bonds. The van der Waals surface area contributed by atoms with Gasteiger partial charge in [-0.25, -0.2) is 9.36 Å². The highest BCUT2D eigenvalue weighted by atomic mass is 31.2. The molecule has 3 aliphatic rings. The second-order valence-electron chi connectivity index (χ2n) is 11.3. The molecule has 2 fully saturated rings. The van der Waals surface area contributed by atoms with Crippen molar-refractivity contribution < 1.29 is 51.5 Å². The van der Waals surface area contributed by atoms with Crippen LogP contribution in [0.5, 0.6) is 0 Å². The first-order valence-corrected chi connectivity index (χ1v) is 14.3. The first-order valence-electron chi connectivity index (χ1n) is 12.9. The van der Waals surface area contributed by atoms with E-state index in [1.54, 1.807) is 41.5 Å². The fourth-order valence-corrected chi connectivity index (χ4v) is 5.86. The number of allylic oxidation sites excluding steroid dienone is 1. The zero-order valence-electron chi connectivity index (χ0n) is 23.8. The highest BCUT2D eigenvalue weighted by molar-refractivity contribution is 7.48. The summed E-state index contributed by atoms with van der Waals surface area (Å²) in [7, 11) is -2.87. The number of carbonyl (C=O) groups excluding carboxylic acids is 4. The molecule has 6 atom stereocenters. The minimum Gasteiger partial charge on any atom is -0.463 e. The number of terminal acetylenes is 1. The SMILES string of the molecule is C#C[C@]1(C)[C@@H]2O[P@](=O)(OCC(CC(=O)OC(C)C)N(C)C(=O)OC(C)(C)C)OC[C@H]2O[C@H]1N1C=CC(=O)CC1=O. The van der Waals surface area contributed by atoms with Crippen molar-refractivity contribution in [2.45, 2.75) is 90.6 Å². The summed E-state index contributed by atoms with van der Waals surface area (Å²) < 4.78 is 47.0. The van der Waals surface area contributed by atoms with Gasteiger partial charge in [-0.05, 0) is 47.6 Å². The van der Waals surface area contributed by atoms with Gasteiger partial charge in [-0.3, -0.25) is 32.9 Å². The van der Waals surface area contributed by atoms with Gasteiger partial charge >= 0.3 is 19.9 Å². The number of esters is 1. The number of rotatable bonds is 8. The Morgan fingerprint density at radius 3 is 2.58 bits per heavy atom. The van der Waals surface area contributed by atoms with Crippen LogP contribution < -0.4 is 0 Å². The maximum absolute atomic E-state index is 13.6. The van der Waals surface area contributed by atoms with Gasteiger partial charge in [0, 0.05) is 13.2 Å². The van der Waals surface area contributed by atoms with Crippen molar-refractivity contribution in [2.24, 2.45) is 5.41 Å². The van der Waals surface area contributed by atoms with E-state index < -0.39 is 74.0 Å². The van der Waals surface area contributed by atoms with E-state index in [1.165, 1.54) is 24.2 Å². The van der Waals surface area contributed by atoms with E-state index in [-0.39, 0.29) is 25.2 Å². The Labute approximate surface area is 234 Å². The van der Waals surface area contributed by atoms with Crippen molar-refractivity contribution in [2.75, 3.05) is 20.3 Å². The van der Waals surface area contributed by atoms with Gasteiger partial charge in [-0.15, -0.1) is 6.42 Å². The van der Waals surface area contributed by atoms with Gasteiger partial charge in [-0.2, -0.15) is 0 Å². The fourth-order valence-electron chi connectivity index (χ4n) is 4.35. The summed E-state index contributed by atoms with van der Waals surface area (Å²) in [5, 5.41) is 0. The third-order valence-electron chi connectivity index (χ3n) is 6.41. The third kappa shape index (κ3) is 7.30. The Hall–Kier alpha value is -2.75. The molecule has 40 heavy (non-hydrogen) atoms. The van der Waals surface area contributed by atoms with Crippen molar-refractivity contribution in [3.8, 4) is 12.3 Å². The van der Waals surface area contributed by atoms with E-state index >= 15 is 0 Å². The number of amides is 2. The lowest BCUT2D eigenvalue weighted by Crippen LogP contribution is -2.49. The molecule has 0 aromatic heterocycles. The topological polar surface area (TPSA) is 147 Å². The largest absolute Gasteiger partial charge is 0.475 e. The molecule has 3 heterocycles. The van der Waals surface area contributed by atoms with Gasteiger partial charge in [-0.1, -0.05) is 5.92 Å². The fraction of sp³-hybridized carbons (Fsp3) is 0.692. The number of phosphoric acid groups is 1. The molecule has 13 nitrogen and oxygen atoms in total. The average Bonchev–Trinajstić information content (AvgIpc) is 3.11. The number of nitrogens with zero attached hydrogens (tertiary/aromatic N) is 2. The number of fused-ring (bicyclic) bond motifs is 1. The molecule has 0 aliphatic carbocycles. The van der Waals surface area contributed by atoms with Crippen molar-refractivity contribution in [1.82, 2.24) is 9.80 Å². The van der Waals surface area contributed by atoms with Gasteiger partial charge in [0.05, 0.1) is 38.2 Å². The van der Waals surface area contributed by atoms with E-state index in [4.69, 9.17) is 34.2 Å². The number of hydrogen-bond acceptors (Lipinski definition) is 11. The molecule has 0 bridgehead atoms. The highest BCUT2D eigenvalue weighted by Crippen LogP contribution is 2.59.